The summed E-state index contributed by atoms with van der Waals surface area (Å²) < 4.78 is 5.55. The van der Waals surface area contributed by atoms with Crippen LogP contribution in [0.1, 0.15) is 32.6 Å². The van der Waals surface area contributed by atoms with Gasteiger partial charge in [0, 0.05) is 6.61 Å². The molecule has 0 amide bonds. The van der Waals surface area contributed by atoms with E-state index >= 15 is 0 Å². The van der Waals surface area contributed by atoms with Crippen LogP contribution in [-0.2, 0) is 4.74 Å². The molecule has 1 fully saturated rings. The van der Waals surface area contributed by atoms with Crippen LogP contribution in [-0.4, -0.2) is 24.9 Å². The van der Waals surface area contributed by atoms with E-state index in [-0.39, 0.29) is 0 Å². The Bertz CT molecular complexity index is 166. The summed E-state index contributed by atoms with van der Waals surface area (Å²) in [5, 5.41) is 9.19. The zero-order valence-corrected chi connectivity index (χ0v) is 9.11. The molecule has 14 heavy (non-hydrogen) atoms. The van der Waals surface area contributed by atoms with E-state index in [1.807, 2.05) is 19.1 Å². The van der Waals surface area contributed by atoms with Gasteiger partial charge in [0.25, 0.3) is 0 Å². The number of allylic oxidation sites excluding steroid dienone is 1. The molecule has 82 valence electrons. The van der Waals surface area contributed by atoms with Crippen LogP contribution in [0.5, 0.6) is 0 Å². The number of aliphatic hydroxyl groups is 1. The van der Waals surface area contributed by atoms with Crippen molar-refractivity contribution in [2.75, 3.05) is 19.8 Å². The van der Waals surface area contributed by atoms with Crippen LogP contribution in [0.15, 0.2) is 12.2 Å². The third-order valence-electron chi connectivity index (χ3n) is 3.08. The van der Waals surface area contributed by atoms with Crippen molar-refractivity contribution in [3.63, 3.8) is 0 Å². The normalized spacial score (nSPS) is 28.4. The second-order valence-electron chi connectivity index (χ2n) is 4.09. The van der Waals surface area contributed by atoms with E-state index in [0.29, 0.717) is 25.0 Å². The highest BCUT2D eigenvalue weighted by Gasteiger charge is 2.24. The Labute approximate surface area is 87.0 Å². The molecule has 0 heterocycles. The van der Waals surface area contributed by atoms with Gasteiger partial charge in [0.1, 0.15) is 0 Å². The molecule has 2 nitrogen and oxygen atoms in total. The van der Waals surface area contributed by atoms with Gasteiger partial charge in [-0.1, -0.05) is 25.0 Å². The highest BCUT2D eigenvalue weighted by atomic mass is 16.5. The van der Waals surface area contributed by atoms with Crippen molar-refractivity contribution in [1.29, 1.82) is 0 Å². The number of ether oxygens (including phenoxy) is 1. The Kier molecular flexibility index (Phi) is 5.88. The lowest BCUT2D eigenvalue weighted by molar-refractivity contribution is 0.0499. The minimum Gasteiger partial charge on any atom is -0.396 e. The summed E-state index contributed by atoms with van der Waals surface area (Å²) in [5.41, 5.74) is 0. The lowest BCUT2D eigenvalue weighted by Crippen LogP contribution is -2.26. The number of hydrogen-bond donors (Lipinski definition) is 1. The molecule has 0 spiro atoms. The summed E-state index contributed by atoms with van der Waals surface area (Å²) >= 11 is 0. The van der Waals surface area contributed by atoms with Gasteiger partial charge in [0.15, 0.2) is 0 Å². The van der Waals surface area contributed by atoms with Crippen molar-refractivity contribution >= 4 is 0 Å². The second kappa shape index (κ2) is 7.02. The molecule has 2 heteroatoms. The fraction of sp³-hybridized carbons (Fsp3) is 0.833. The van der Waals surface area contributed by atoms with Crippen LogP contribution in [0.4, 0.5) is 0 Å². The molecule has 0 bridgehead atoms. The molecule has 0 aromatic carbocycles. The van der Waals surface area contributed by atoms with Gasteiger partial charge in [-0.15, -0.1) is 0 Å². The maximum atomic E-state index is 9.19. The van der Waals surface area contributed by atoms with E-state index in [9.17, 15) is 5.11 Å². The quantitative estimate of drug-likeness (QED) is 0.543. The Morgan fingerprint density at radius 3 is 2.64 bits per heavy atom. The molecule has 1 rings (SSSR count). The summed E-state index contributed by atoms with van der Waals surface area (Å²) in [7, 11) is 0. The summed E-state index contributed by atoms with van der Waals surface area (Å²) in [6.45, 7) is 3.86. The molecule has 0 aliphatic heterocycles. The molecule has 0 aromatic heterocycles. The third kappa shape index (κ3) is 3.81. The van der Waals surface area contributed by atoms with Gasteiger partial charge in [-0.05, 0) is 31.6 Å². The third-order valence-corrected chi connectivity index (χ3v) is 3.08. The van der Waals surface area contributed by atoms with Gasteiger partial charge in [0.2, 0.25) is 0 Å². The largest absolute Gasteiger partial charge is 0.396 e. The van der Waals surface area contributed by atoms with Crippen LogP contribution >= 0.6 is 0 Å². The maximum absolute atomic E-state index is 9.19. The summed E-state index contributed by atoms with van der Waals surface area (Å²) in [4.78, 5) is 0. The monoisotopic (exact) mass is 198 g/mol. The van der Waals surface area contributed by atoms with E-state index in [1.165, 1.54) is 25.7 Å². The van der Waals surface area contributed by atoms with E-state index in [2.05, 4.69) is 0 Å². The first-order chi connectivity index (χ1) is 6.88. The van der Waals surface area contributed by atoms with Gasteiger partial charge in [-0.2, -0.15) is 0 Å². The Balaban J connectivity index is 2.19. The Hall–Kier alpha value is -0.340. The van der Waals surface area contributed by atoms with Gasteiger partial charge >= 0.3 is 0 Å². The molecular formula is C12H22O2. The summed E-state index contributed by atoms with van der Waals surface area (Å²) in [6, 6.07) is 0. The first-order valence-electron chi connectivity index (χ1n) is 5.68. The number of aliphatic hydroxyl groups excluding tert-OH is 1. The average molecular weight is 198 g/mol. The van der Waals surface area contributed by atoms with Gasteiger partial charge < -0.3 is 9.84 Å². The van der Waals surface area contributed by atoms with Gasteiger partial charge in [-0.25, -0.2) is 0 Å². The minimum absolute atomic E-state index is 0.331. The van der Waals surface area contributed by atoms with Crippen LogP contribution in [0, 0.1) is 11.8 Å². The highest BCUT2D eigenvalue weighted by molar-refractivity contribution is 4.78. The first kappa shape index (κ1) is 11.7. The van der Waals surface area contributed by atoms with Crippen molar-refractivity contribution in [1.82, 2.24) is 0 Å². The topological polar surface area (TPSA) is 29.5 Å². The molecule has 0 radical (unpaired) electrons. The van der Waals surface area contributed by atoms with Crippen LogP contribution < -0.4 is 0 Å². The molecule has 2 unspecified atom stereocenters. The lowest BCUT2D eigenvalue weighted by Gasteiger charge is -2.29. The maximum Gasteiger partial charge on any atom is 0.0647 e. The molecule has 0 saturated heterocycles. The van der Waals surface area contributed by atoms with Crippen molar-refractivity contribution < 1.29 is 9.84 Å². The molecular weight excluding hydrogens is 176 g/mol. The Morgan fingerprint density at radius 2 is 2.00 bits per heavy atom. The second-order valence-corrected chi connectivity index (χ2v) is 4.09. The van der Waals surface area contributed by atoms with Crippen molar-refractivity contribution in [3.05, 3.63) is 12.2 Å². The zero-order valence-electron chi connectivity index (χ0n) is 9.11. The van der Waals surface area contributed by atoms with Crippen LogP contribution in [0.2, 0.25) is 0 Å². The molecule has 2 atom stereocenters. The average Bonchev–Trinajstić information content (AvgIpc) is 2.25. The molecule has 0 aromatic rings. The van der Waals surface area contributed by atoms with E-state index in [4.69, 9.17) is 4.74 Å². The fourth-order valence-corrected chi connectivity index (χ4v) is 2.13. The highest BCUT2D eigenvalue weighted by Crippen LogP contribution is 2.29. The SMILES string of the molecule is CC=CCOCC1CCCCC1CO. The Morgan fingerprint density at radius 1 is 1.29 bits per heavy atom. The zero-order chi connectivity index (χ0) is 10.2. The smallest absolute Gasteiger partial charge is 0.0647 e. The van der Waals surface area contributed by atoms with Crippen LogP contribution in [0.3, 0.4) is 0 Å². The van der Waals surface area contributed by atoms with E-state index in [0.717, 1.165) is 6.61 Å². The molecule has 1 N–H and O–H groups in total. The molecule has 1 aliphatic carbocycles. The first-order valence-corrected chi connectivity index (χ1v) is 5.68. The number of hydrogen-bond acceptors (Lipinski definition) is 2. The lowest BCUT2D eigenvalue weighted by atomic mass is 9.80. The fourth-order valence-electron chi connectivity index (χ4n) is 2.13. The van der Waals surface area contributed by atoms with Crippen molar-refractivity contribution in [2.24, 2.45) is 11.8 Å². The van der Waals surface area contributed by atoms with Crippen LogP contribution in [0.25, 0.3) is 0 Å². The van der Waals surface area contributed by atoms with Gasteiger partial charge in [0.05, 0.1) is 13.2 Å². The van der Waals surface area contributed by atoms with E-state index < -0.39 is 0 Å². The van der Waals surface area contributed by atoms with E-state index in [1.54, 1.807) is 0 Å². The van der Waals surface area contributed by atoms with Crippen molar-refractivity contribution in [3.8, 4) is 0 Å². The number of rotatable bonds is 5. The van der Waals surface area contributed by atoms with Crippen molar-refractivity contribution in [2.45, 2.75) is 32.6 Å². The standard InChI is InChI=1S/C12H22O2/c1-2-3-8-14-10-12-7-5-4-6-11(12)9-13/h2-3,11-13H,4-10H2,1H3. The van der Waals surface area contributed by atoms with Gasteiger partial charge in [-0.3, -0.25) is 0 Å². The molecule has 1 saturated carbocycles. The summed E-state index contributed by atoms with van der Waals surface area (Å²) in [6.07, 6.45) is 9.00. The molecule has 1 aliphatic rings. The predicted octanol–water partition coefficient (Wildman–Crippen LogP) is 2.38. The minimum atomic E-state index is 0.331. The predicted molar refractivity (Wildman–Crippen MR) is 58.2 cm³/mol. The summed E-state index contributed by atoms with van der Waals surface area (Å²) in [5.74, 6) is 1.06.